The number of ether oxygens (including phenoxy) is 1. The maximum Gasteiger partial charge on any atom is 0.101 e. The lowest BCUT2D eigenvalue weighted by Gasteiger charge is -2.13. The Hall–Kier alpha value is -3.06. The maximum absolute atomic E-state index is 5.67. The van der Waals surface area contributed by atoms with Gasteiger partial charge in [-0.15, -0.1) is 0 Å². The number of hydrogen-bond donors (Lipinski definition) is 0. The summed E-state index contributed by atoms with van der Waals surface area (Å²) in [5.74, 6) is 0.942. The van der Waals surface area contributed by atoms with E-state index in [1.54, 1.807) is 7.11 Å². The Morgan fingerprint density at radius 1 is 0.600 bits per heavy atom. The van der Waals surface area contributed by atoms with Crippen LogP contribution in [0.25, 0.3) is 16.7 Å². The molecule has 25 heavy (non-hydrogen) atoms. The predicted molar refractivity (Wildman–Crippen MR) is 105 cm³/mol. The van der Waals surface area contributed by atoms with Crippen LogP contribution in [0.15, 0.2) is 90.7 Å². The molecule has 0 fully saturated rings. The van der Waals surface area contributed by atoms with E-state index < -0.39 is 0 Å². The number of rotatable bonds is 3. The summed E-state index contributed by atoms with van der Waals surface area (Å²) in [5.41, 5.74) is 8.64. The van der Waals surface area contributed by atoms with E-state index in [4.69, 9.17) is 4.74 Å². The molecule has 3 aromatic carbocycles. The average molecular weight is 324 g/mol. The smallest absolute Gasteiger partial charge is 0.101 e. The number of methoxy groups -OCH3 is 1. The van der Waals surface area contributed by atoms with Gasteiger partial charge >= 0.3 is 0 Å². The van der Waals surface area contributed by atoms with Crippen LogP contribution in [0.5, 0.6) is 0 Å². The van der Waals surface area contributed by atoms with Gasteiger partial charge in [-0.2, -0.15) is 0 Å². The maximum atomic E-state index is 5.67. The van der Waals surface area contributed by atoms with E-state index in [-0.39, 0.29) is 0 Å². The first kappa shape index (κ1) is 15.5. The molecular weight excluding hydrogens is 304 g/mol. The largest absolute Gasteiger partial charge is 0.501 e. The van der Waals surface area contributed by atoms with E-state index in [0.29, 0.717) is 0 Å². The molecule has 1 nitrogen and oxygen atoms in total. The molecule has 122 valence electrons. The molecule has 0 atom stereocenters. The van der Waals surface area contributed by atoms with Gasteiger partial charge in [-0.3, -0.25) is 0 Å². The Morgan fingerprint density at radius 2 is 1.08 bits per heavy atom. The molecule has 1 aliphatic rings. The normalized spacial score (nSPS) is 15.1. The number of allylic oxidation sites excluding steroid dienone is 3. The number of fused-ring (bicyclic) bond motifs is 1. The van der Waals surface area contributed by atoms with Crippen LogP contribution in [0.2, 0.25) is 0 Å². The molecule has 0 radical (unpaired) electrons. The van der Waals surface area contributed by atoms with E-state index in [2.05, 4.69) is 84.9 Å². The molecule has 0 aliphatic heterocycles. The van der Waals surface area contributed by atoms with Crippen molar-refractivity contribution in [1.82, 2.24) is 0 Å². The average Bonchev–Trinajstić information content (AvgIpc) is 3.04. The van der Waals surface area contributed by atoms with Crippen molar-refractivity contribution in [2.45, 2.75) is 6.92 Å². The molecule has 0 N–H and O–H groups in total. The van der Waals surface area contributed by atoms with Crippen LogP contribution in [0.3, 0.4) is 0 Å². The summed E-state index contributed by atoms with van der Waals surface area (Å²) in [5, 5.41) is 0. The molecule has 0 amide bonds. The highest BCUT2D eigenvalue weighted by atomic mass is 16.5. The highest BCUT2D eigenvalue weighted by Crippen LogP contribution is 2.50. The fourth-order valence-electron chi connectivity index (χ4n) is 3.58. The zero-order chi connectivity index (χ0) is 17.2. The van der Waals surface area contributed by atoms with Crippen LogP contribution < -0.4 is 0 Å². The topological polar surface area (TPSA) is 9.23 Å². The minimum Gasteiger partial charge on any atom is -0.501 e. The molecule has 3 aromatic rings. The van der Waals surface area contributed by atoms with Gasteiger partial charge in [-0.25, -0.2) is 0 Å². The first-order valence-corrected chi connectivity index (χ1v) is 8.51. The second kappa shape index (κ2) is 6.45. The number of hydrogen-bond acceptors (Lipinski definition) is 1. The third-order valence-electron chi connectivity index (χ3n) is 4.75. The Balaban J connectivity index is 2.12. The molecule has 4 rings (SSSR count). The molecule has 0 saturated carbocycles. The molecule has 1 heteroatoms. The standard InChI is InChI=1S/C24H20O/c1-17(25-2)22-20-15-9-10-16-21(20)23(18-11-5-3-6-12-18)24(22)19-13-7-4-8-14-19/h3-16H,1-2H3/b22-17+. The third-order valence-corrected chi connectivity index (χ3v) is 4.75. The molecule has 0 heterocycles. The molecular formula is C24H20O. The van der Waals surface area contributed by atoms with E-state index in [1.807, 2.05) is 6.92 Å². The first-order valence-electron chi connectivity index (χ1n) is 8.51. The summed E-state index contributed by atoms with van der Waals surface area (Å²) < 4.78 is 5.67. The Kier molecular flexibility index (Phi) is 3.99. The zero-order valence-corrected chi connectivity index (χ0v) is 14.5. The summed E-state index contributed by atoms with van der Waals surface area (Å²) in [6.07, 6.45) is 0. The fourth-order valence-corrected chi connectivity index (χ4v) is 3.58. The summed E-state index contributed by atoms with van der Waals surface area (Å²) in [4.78, 5) is 0. The van der Waals surface area contributed by atoms with Crippen LogP contribution in [0.1, 0.15) is 29.2 Å². The highest BCUT2D eigenvalue weighted by Gasteiger charge is 2.29. The lowest BCUT2D eigenvalue weighted by molar-refractivity contribution is 0.296. The predicted octanol–water partition coefficient (Wildman–Crippen LogP) is 6.04. The van der Waals surface area contributed by atoms with Crippen LogP contribution >= 0.6 is 0 Å². The lowest BCUT2D eigenvalue weighted by atomic mass is 9.93. The second-order valence-corrected chi connectivity index (χ2v) is 6.16. The summed E-state index contributed by atoms with van der Waals surface area (Å²) in [6, 6.07) is 29.8. The van der Waals surface area contributed by atoms with Crippen molar-refractivity contribution >= 4 is 16.7 Å². The summed E-state index contributed by atoms with van der Waals surface area (Å²) >= 11 is 0. The Morgan fingerprint density at radius 3 is 1.64 bits per heavy atom. The SMILES string of the molecule is CO/C(C)=C1/C(c2ccccc2)=C(c2ccccc2)c2ccccc21. The fraction of sp³-hybridized carbons (Fsp3) is 0.0833. The van der Waals surface area contributed by atoms with Gasteiger partial charge in [0.1, 0.15) is 5.76 Å². The molecule has 0 spiro atoms. The van der Waals surface area contributed by atoms with Crippen LogP contribution in [0, 0.1) is 0 Å². The van der Waals surface area contributed by atoms with Crippen molar-refractivity contribution in [2.24, 2.45) is 0 Å². The zero-order valence-electron chi connectivity index (χ0n) is 14.5. The van der Waals surface area contributed by atoms with E-state index >= 15 is 0 Å². The van der Waals surface area contributed by atoms with Crippen LogP contribution in [-0.4, -0.2) is 7.11 Å². The van der Waals surface area contributed by atoms with Crippen molar-refractivity contribution in [2.75, 3.05) is 7.11 Å². The van der Waals surface area contributed by atoms with Gasteiger partial charge in [0.05, 0.1) is 7.11 Å². The van der Waals surface area contributed by atoms with Gasteiger partial charge in [0.25, 0.3) is 0 Å². The minimum atomic E-state index is 0.942. The molecule has 0 unspecified atom stereocenters. The van der Waals surface area contributed by atoms with Crippen molar-refractivity contribution in [3.05, 3.63) is 113 Å². The monoisotopic (exact) mass is 324 g/mol. The van der Waals surface area contributed by atoms with Gasteiger partial charge in [0.15, 0.2) is 0 Å². The summed E-state index contributed by atoms with van der Waals surface area (Å²) in [6.45, 7) is 2.04. The van der Waals surface area contributed by atoms with Crippen molar-refractivity contribution < 1.29 is 4.74 Å². The van der Waals surface area contributed by atoms with Crippen molar-refractivity contribution in [1.29, 1.82) is 0 Å². The van der Waals surface area contributed by atoms with Gasteiger partial charge in [-0.1, -0.05) is 84.9 Å². The van der Waals surface area contributed by atoms with Gasteiger partial charge in [-0.05, 0) is 34.8 Å². The van der Waals surface area contributed by atoms with Gasteiger partial charge < -0.3 is 4.74 Å². The first-order chi connectivity index (χ1) is 12.3. The quantitative estimate of drug-likeness (QED) is 0.534. The van der Waals surface area contributed by atoms with Crippen molar-refractivity contribution in [3.63, 3.8) is 0 Å². The second-order valence-electron chi connectivity index (χ2n) is 6.16. The van der Waals surface area contributed by atoms with Crippen LogP contribution in [-0.2, 0) is 4.74 Å². The molecule has 0 saturated heterocycles. The van der Waals surface area contributed by atoms with E-state index in [9.17, 15) is 0 Å². The van der Waals surface area contributed by atoms with Crippen LogP contribution in [0.4, 0.5) is 0 Å². The Bertz CT molecular complexity index is 963. The lowest BCUT2D eigenvalue weighted by Crippen LogP contribution is -1.92. The summed E-state index contributed by atoms with van der Waals surface area (Å²) in [7, 11) is 1.74. The molecule has 1 aliphatic carbocycles. The molecule has 0 aromatic heterocycles. The number of benzene rings is 3. The minimum absolute atomic E-state index is 0.942. The van der Waals surface area contributed by atoms with Gasteiger partial charge in [0.2, 0.25) is 0 Å². The van der Waals surface area contributed by atoms with E-state index in [0.717, 1.165) is 5.76 Å². The van der Waals surface area contributed by atoms with Crippen molar-refractivity contribution in [3.8, 4) is 0 Å². The third kappa shape index (κ3) is 2.58. The van der Waals surface area contributed by atoms with Gasteiger partial charge in [0, 0.05) is 11.1 Å². The Labute approximate surface area is 148 Å². The highest BCUT2D eigenvalue weighted by molar-refractivity contribution is 6.24. The molecule has 0 bridgehead atoms. The van der Waals surface area contributed by atoms with E-state index in [1.165, 1.54) is 39.0 Å².